The van der Waals surface area contributed by atoms with E-state index in [9.17, 15) is 18.0 Å². The van der Waals surface area contributed by atoms with Crippen molar-refractivity contribution in [3.05, 3.63) is 83.5 Å². The van der Waals surface area contributed by atoms with Crippen LogP contribution in [-0.4, -0.2) is 32.8 Å². The SMILES string of the molecule is COc1ccc(-n2cc(-c3ccc(C(F)(F)F)nc3Cl)c(C(=O)Nc3ccccc3)n2)cn1. The number of benzene rings is 1. The second kappa shape index (κ2) is 8.91. The molecular formula is C22H15ClF3N5O2. The lowest BCUT2D eigenvalue weighted by Crippen LogP contribution is -2.14. The van der Waals surface area contributed by atoms with E-state index in [2.05, 4.69) is 20.4 Å². The second-order valence-corrected chi connectivity index (χ2v) is 7.11. The van der Waals surface area contributed by atoms with Crippen LogP contribution in [0.15, 0.2) is 67.0 Å². The van der Waals surface area contributed by atoms with E-state index in [4.69, 9.17) is 16.3 Å². The summed E-state index contributed by atoms with van der Waals surface area (Å²) in [4.78, 5) is 20.6. The lowest BCUT2D eigenvalue weighted by molar-refractivity contribution is -0.141. The maximum Gasteiger partial charge on any atom is 0.433 e. The zero-order chi connectivity index (χ0) is 23.6. The number of methoxy groups -OCH3 is 1. The number of aromatic nitrogens is 4. The predicted molar refractivity (Wildman–Crippen MR) is 116 cm³/mol. The van der Waals surface area contributed by atoms with Gasteiger partial charge in [0.1, 0.15) is 10.8 Å². The summed E-state index contributed by atoms with van der Waals surface area (Å²) in [6.07, 6.45) is -1.71. The molecule has 0 unspecified atom stereocenters. The van der Waals surface area contributed by atoms with Gasteiger partial charge in [0.2, 0.25) is 5.88 Å². The summed E-state index contributed by atoms with van der Waals surface area (Å²) in [7, 11) is 1.47. The number of anilines is 1. The van der Waals surface area contributed by atoms with Crippen molar-refractivity contribution < 1.29 is 22.7 Å². The van der Waals surface area contributed by atoms with E-state index in [0.29, 0.717) is 17.3 Å². The highest BCUT2D eigenvalue weighted by Crippen LogP contribution is 2.34. The number of carbonyl (C=O) groups is 1. The van der Waals surface area contributed by atoms with E-state index in [-0.39, 0.29) is 16.8 Å². The van der Waals surface area contributed by atoms with Gasteiger partial charge in [-0.25, -0.2) is 14.6 Å². The fourth-order valence-corrected chi connectivity index (χ4v) is 3.26. The Labute approximate surface area is 190 Å². The van der Waals surface area contributed by atoms with Gasteiger partial charge in [-0.05, 0) is 30.3 Å². The molecule has 1 N–H and O–H groups in total. The van der Waals surface area contributed by atoms with Crippen LogP contribution in [0.3, 0.4) is 0 Å². The first-order valence-corrected chi connectivity index (χ1v) is 9.84. The zero-order valence-electron chi connectivity index (χ0n) is 17.0. The molecule has 4 aromatic rings. The first kappa shape index (κ1) is 22.3. The van der Waals surface area contributed by atoms with Gasteiger partial charge >= 0.3 is 6.18 Å². The normalized spacial score (nSPS) is 11.3. The Morgan fingerprint density at radius 3 is 2.42 bits per heavy atom. The van der Waals surface area contributed by atoms with Crippen molar-refractivity contribution in [1.29, 1.82) is 0 Å². The summed E-state index contributed by atoms with van der Waals surface area (Å²) >= 11 is 6.09. The number of carbonyl (C=O) groups excluding carboxylic acids is 1. The fraction of sp³-hybridized carbons (Fsp3) is 0.0909. The molecule has 3 heterocycles. The van der Waals surface area contributed by atoms with Gasteiger partial charge in [-0.1, -0.05) is 29.8 Å². The summed E-state index contributed by atoms with van der Waals surface area (Å²) in [5.74, 6) is -0.199. The van der Waals surface area contributed by atoms with Crippen molar-refractivity contribution in [2.45, 2.75) is 6.18 Å². The highest BCUT2D eigenvalue weighted by molar-refractivity contribution is 6.32. The Balaban J connectivity index is 1.80. The Morgan fingerprint density at radius 2 is 1.82 bits per heavy atom. The van der Waals surface area contributed by atoms with Crippen LogP contribution in [0.4, 0.5) is 18.9 Å². The minimum atomic E-state index is -4.66. The van der Waals surface area contributed by atoms with Gasteiger partial charge in [0.15, 0.2) is 5.69 Å². The van der Waals surface area contributed by atoms with E-state index in [1.165, 1.54) is 24.2 Å². The smallest absolute Gasteiger partial charge is 0.433 e. The van der Waals surface area contributed by atoms with Crippen molar-refractivity contribution in [3.63, 3.8) is 0 Å². The number of nitrogens with one attached hydrogen (secondary N) is 1. The summed E-state index contributed by atoms with van der Waals surface area (Å²) in [6, 6.07) is 13.9. The van der Waals surface area contributed by atoms with Crippen LogP contribution in [0.5, 0.6) is 5.88 Å². The van der Waals surface area contributed by atoms with Gasteiger partial charge < -0.3 is 10.1 Å². The average Bonchev–Trinajstić information content (AvgIpc) is 3.24. The number of alkyl halides is 3. The number of nitrogens with zero attached hydrogens (tertiary/aromatic N) is 4. The third-order valence-corrected chi connectivity index (χ3v) is 4.87. The van der Waals surface area contributed by atoms with E-state index in [1.54, 1.807) is 42.5 Å². The molecule has 0 bridgehead atoms. The summed E-state index contributed by atoms with van der Waals surface area (Å²) in [5, 5.41) is 6.64. The Hall–Kier alpha value is -3.92. The van der Waals surface area contributed by atoms with E-state index in [1.807, 2.05) is 0 Å². The quantitative estimate of drug-likeness (QED) is 0.400. The topological polar surface area (TPSA) is 81.9 Å². The molecule has 0 saturated heterocycles. The molecule has 168 valence electrons. The minimum Gasteiger partial charge on any atom is -0.481 e. The molecule has 4 rings (SSSR count). The second-order valence-electron chi connectivity index (χ2n) is 6.75. The number of hydrogen-bond donors (Lipinski definition) is 1. The van der Waals surface area contributed by atoms with Gasteiger partial charge in [0, 0.05) is 29.1 Å². The van der Waals surface area contributed by atoms with Crippen LogP contribution in [0.2, 0.25) is 5.15 Å². The molecule has 1 amide bonds. The first-order valence-electron chi connectivity index (χ1n) is 9.47. The van der Waals surface area contributed by atoms with Gasteiger partial charge in [-0.3, -0.25) is 4.79 Å². The number of halogens is 4. The van der Waals surface area contributed by atoms with Crippen molar-refractivity contribution in [2.24, 2.45) is 0 Å². The van der Waals surface area contributed by atoms with Crippen molar-refractivity contribution >= 4 is 23.2 Å². The number of para-hydroxylation sites is 1. The van der Waals surface area contributed by atoms with Crippen LogP contribution in [-0.2, 0) is 6.18 Å². The highest BCUT2D eigenvalue weighted by atomic mass is 35.5. The lowest BCUT2D eigenvalue weighted by Gasteiger charge is -2.09. The molecule has 11 heteroatoms. The van der Waals surface area contributed by atoms with Crippen molar-refractivity contribution in [3.8, 4) is 22.7 Å². The number of ether oxygens (including phenoxy) is 1. The standard InChI is InChI=1S/C22H15ClF3N5O2/c1-33-18-10-7-14(11-27-18)31-12-16(15-8-9-17(22(24,25)26)29-20(15)23)19(30-31)21(32)28-13-5-3-2-4-6-13/h2-12H,1H3,(H,28,32). The first-order chi connectivity index (χ1) is 15.8. The molecule has 0 aliphatic heterocycles. The van der Waals surface area contributed by atoms with Crippen molar-refractivity contribution in [2.75, 3.05) is 12.4 Å². The number of rotatable bonds is 5. The predicted octanol–water partition coefficient (Wildman–Crippen LogP) is 5.26. The van der Waals surface area contributed by atoms with Gasteiger partial charge in [-0.2, -0.15) is 18.3 Å². The molecule has 0 aliphatic rings. The molecule has 7 nitrogen and oxygen atoms in total. The zero-order valence-corrected chi connectivity index (χ0v) is 17.7. The molecule has 0 spiro atoms. The maximum atomic E-state index is 13.0. The summed E-state index contributed by atoms with van der Waals surface area (Å²) < 4.78 is 45.5. The molecular weight excluding hydrogens is 459 g/mol. The Bertz CT molecular complexity index is 1290. The molecule has 0 aliphatic carbocycles. The van der Waals surface area contributed by atoms with E-state index >= 15 is 0 Å². The molecule has 0 saturated carbocycles. The third kappa shape index (κ3) is 4.80. The number of pyridine rings is 2. The lowest BCUT2D eigenvalue weighted by atomic mass is 10.1. The molecule has 0 atom stereocenters. The molecule has 1 aromatic carbocycles. The van der Waals surface area contributed by atoms with Gasteiger partial charge in [-0.15, -0.1) is 0 Å². The maximum absolute atomic E-state index is 13.0. The fourth-order valence-electron chi connectivity index (χ4n) is 3.00. The van der Waals surface area contributed by atoms with Crippen molar-refractivity contribution in [1.82, 2.24) is 19.7 Å². The van der Waals surface area contributed by atoms with Gasteiger partial charge in [0.05, 0.1) is 19.0 Å². The summed E-state index contributed by atoms with van der Waals surface area (Å²) in [5.41, 5.74) is 0.134. The Morgan fingerprint density at radius 1 is 1.06 bits per heavy atom. The van der Waals surface area contributed by atoms with Crippen LogP contribution in [0.1, 0.15) is 16.2 Å². The van der Waals surface area contributed by atoms with E-state index in [0.717, 1.165) is 12.1 Å². The van der Waals surface area contributed by atoms with Crippen LogP contribution >= 0.6 is 11.6 Å². The van der Waals surface area contributed by atoms with E-state index < -0.39 is 22.9 Å². The Kier molecular flexibility index (Phi) is 6.01. The van der Waals surface area contributed by atoms with Crippen LogP contribution in [0.25, 0.3) is 16.8 Å². The third-order valence-electron chi connectivity index (χ3n) is 4.58. The average molecular weight is 474 g/mol. The molecule has 3 aromatic heterocycles. The monoisotopic (exact) mass is 473 g/mol. The summed E-state index contributed by atoms with van der Waals surface area (Å²) in [6.45, 7) is 0. The molecule has 33 heavy (non-hydrogen) atoms. The number of amides is 1. The largest absolute Gasteiger partial charge is 0.481 e. The minimum absolute atomic E-state index is 0.0573. The number of hydrogen-bond acceptors (Lipinski definition) is 5. The highest BCUT2D eigenvalue weighted by Gasteiger charge is 2.33. The van der Waals surface area contributed by atoms with Crippen LogP contribution < -0.4 is 10.1 Å². The van der Waals surface area contributed by atoms with Crippen LogP contribution in [0, 0.1) is 0 Å². The molecule has 0 fully saturated rings. The molecule has 0 radical (unpaired) electrons. The van der Waals surface area contributed by atoms with Gasteiger partial charge in [0.25, 0.3) is 5.91 Å².